The Morgan fingerprint density at radius 3 is 2.63 bits per heavy atom. The molecule has 7 heteroatoms. The molecule has 0 saturated carbocycles. The molecule has 1 fully saturated rings. The van der Waals surface area contributed by atoms with Crippen LogP contribution in [0.3, 0.4) is 0 Å². The minimum absolute atomic E-state index is 0.192. The van der Waals surface area contributed by atoms with E-state index in [0.717, 1.165) is 49.6 Å². The zero-order valence-corrected chi connectivity index (χ0v) is 15.5. The van der Waals surface area contributed by atoms with Crippen LogP contribution in [-0.2, 0) is 17.8 Å². The zero-order chi connectivity index (χ0) is 18.6. The quantitative estimate of drug-likeness (QED) is 0.697. The molecule has 4 rings (SSSR count). The van der Waals surface area contributed by atoms with Gasteiger partial charge in [0, 0.05) is 37.9 Å². The van der Waals surface area contributed by atoms with E-state index in [0.29, 0.717) is 12.3 Å². The number of rotatable bonds is 5. The van der Waals surface area contributed by atoms with Crippen molar-refractivity contribution in [3.63, 3.8) is 0 Å². The van der Waals surface area contributed by atoms with Gasteiger partial charge in [0.1, 0.15) is 12.2 Å². The molecule has 3 heterocycles. The monoisotopic (exact) mass is 364 g/mol. The molecule has 140 valence electrons. The van der Waals surface area contributed by atoms with Gasteiger partial charge in [0.25, 0.3) is 0 Å². The van der Waals surface area contributed by atoms with Gasteiger partial charge in [-0.3, -0.25) is 4.79 Å². The van der Waals surface area contributed by atoms with Gasteiger partial charge in [0.2, 0.25) is 5.91 Å². The molecule has 0 unspecified atom stereocenters. The highest BCUT2D eigenvalue weighted by molar-refractivity contribution is 5.79. The van der Waals surface area contributed by atoms with Gasteiger partial charge in [-0.2, -0.15) is 5.10 Å². The molecule has 7 nitrogen and oxygen atoms in total. The van der Waals surface area contributed by atoms with Gasteiger partial charge in [0.15, 0.2) is 0 Å². The number of hydrogen-bond acceptors (Lipinski definition) is 4. The number of nitrogens with zero attached hydrogens (tertiary/aromatic N) is 6. The highest BCUT2D eigenvalue weighted by atomic mass is 16.2. The van der Waals surface area contributed by atoms with E-state index in [1.54, 1.807) is 12.5 Å². The number of carbonyl (C=O) groups excluding carboxylic acids is 1. The van der Waals surface area contributed by atoms with Crippen LogP contribution in [0.1, 0.15) is 37.1 Å². The van der Waals surface area contributed by atoms with Crippen LogP contribution in [0.2, 0.25) is 0 Å². The number of amides is 1. The van der Waals surface area contributed by atoms with Crippen LogP contribution in [0.4, 0.5) is 0 Å². The summed E-state index contributed by atoms with van der Waals surface area (Å²) < 4.78 is 3.91. The average Bonchev–Trinajstić information content (AvgIpc) is 3.40. The lowest BCUT2D eigenvalue weighted by Gasteiger charge is -2.31. The third-order valence-corrected chi connectivity index (χ3v) is 5.26. The predicted molar refractivity (Wildman–Crippen MR) is 102 cm³/mol. The highest BCUT2D eigenvalue weighted by Gasteiger charge is 2.26. The van der Waals surface area contributed by atoms with E-state index in [1.165, 1.54) is 0 Å². The predicted octanol–water partition coefficient (Wildman–Crippen LogP) is 2.43. The lowest BCUT2D eigenvalue weighted by Crippen LogP contribution is -2.39. The van der Waals surface area contributed by atoms with Crippen LogP contribution in [0.25, 0.3) is 5.69 Å². The van der Waals surface area contributed by atoms with E-state index < -0.39 is 0 Å². The normalized spacial score (nSPS) is 15.2. The van der Waals surface area contributed by atoms with Crippen molar-refractivity contribution >= 4 is 5.91 Å². The van der Waals surface area contributed by atoms with Gasteiger partial charge in [-0.25, -0.2) is 4.68 Å². The second kappa shape index (κ2) is 7.73. The smallest absolute Gasteiger partial charge is 0.226 e. The van der Waals surface area contributed by atoms with Crippen LogP contribution in [0.5, 0.6) is 0 Å². The molecular formula is C20H24N6O. The maximum absolute atomic E-state index is 12.7. The second-order valence-electron chi connectivity index (χ2n) is 6.92. The lowest BCUT2D eigenvalue weighted by atomic mass is 9.95. The Balaban J connectivity index is 1.33. The van der Waals surface area contributed by atoms with E-state index in [-0.39, 0.29) is 5.91 Å². The van der Waals surface area contributed by atoms with Crippen molar-refractivity contribution in [1.82, 2.24) is 29.4 Å². The van der Waals surface area contributed by atoms with Crippen molar-refractivity contribution < 1.29 is 4.79 Å². The fraction of sp³-hybridized carbons (Fsp3) is 0.400. The Kier molecular flexibility index (Phi) is 5.00. The van der Waals surface area contributed by atoms with E-state index in [2.05, 4.69) is 26.8 Å². The topological polar surface area (TPSA) is 68.8 Å². The van der Waals surface area contributed by atoms with Crippen LogP contribution < -0.4 is 0 Å². The third-order valence-electron chi connectivity index (χ3n) is 5.26. The number of aryl methyl sites for hydroxylation is 1. The summed E-state index contributed by atoms with van der Waals surface area (Å²) in [6.45, 7) is 4.55. The standard InChI is InChI=1S/C20H24N6O/c1-2-24-15-21-23-20(24)17-8-12-25(13-9-17)19(27)14-16-4-6-18(7-5-16)26-11-3-10-22-26/h3-7,10-11,15,17H,2,8-9,12-14H2,1H3. The molecule has 1 aliphatic rings. The lowest BCUT2D eigenvalue weighted by molar-refractivity contribution is -0.131. The Hall–Kier alpha value is -2.96. The molecule has 0 spiro atoms. The Morgan fingerprint density at radius 2 is 1.96 bits per heavy atom. The van der Waals surface area contributed by atoms with E-state index in [9.17, 15) is 4.79 Å². The maximum atomic E-state index is 12.7. The van der Waals surface area contributed by atoms with Crippen molar-refractivity contribution in [2.75, 3.05) is 13.1 Å². The average molecular weight is 364 g/mol. The molecule has 3 aromatic rings. The maximum Gasteiger partial charge on any atom is 0.226 e. The Bertz CT molecular complexity index is 876. The summed E-state index contributed by atoms with van der Waals surface area (Å²) in [6.07, 6.45) is 7.79. The molecule has 1 amide bonds. The van der Waals surface area contributed by atoms with Crippen molar-refractivity contribution in [3.8, 4) is 5.69 Å². The van der Waals surface area contributed by atoms with Gasteiger partial charge in [-0.1, -0.05) is 12.1 Å². The molecular weight excluding hydrogens is 340 g/mol. The van der Waals surface area contributed by atoms with Gasteiger partial charge in [0.05, 0.1) is 12.1 Å². The first-order valence-electron chi connectivity index (χ1n) is 9.49. The number of aromatic nitrogens is 5. The molecule has 0 bridgehead atoms. The Labute approximate surface area is 158 Å². The van der Waals surface area contributed by atoms with Crippen LogP contribution in [0.15, 0.2) is 49.1 Å². The molecule has 27 heavy (non-hydrogen) atoms. The second-order valence-corrected chi connectivity index (χ2v) is 6.92. The van der Waals surface area contributed by atoms with E-state index in [1.807, 2.05) is 46.1 Å². The van der Waals surface area contributed by atoms with Crippen LogP contribution >= 0.6 is 0 Å². The SMILES string of the molecule is CCn1cnnc1C1CCN(C(=O)Cc2ccc(-n3cccn3)cc2)CC1. The van der Waals surface area contributed by atoms with E-state index in [4.69, 9.17) is 0 Å². The number of hydrogen-bond donors (Lipinski definition) is 0. The van der Waals surface area contributed by atoms with Crippen molar-refractivity contribution in [2.45, 2.75) is 38.6 Å². The molecule has 1 saturated heterocycles. The first kappa shape index (κ1) is 17.5. The summed E-state index contributed by atoms with van der Waals surface area (Å²) in [7, 11) is 0. The molecule has 1 aromatic carbocycles. The fourth-order valence-electron chi connectivity index (χ4n) is 3.69. The molecule has 0 radical (unpaired) electrons. The third kappa shape index (κ3) is 3.77. The summed E-state index contributed by atoms with van der Waals surface area (Å²) in [6, 6.07) is 9.90. The summed E-state index contributed by atoms with van der Waals surface area (Å²) in [5, 5.41) is 12.5. The highest BCUT2D eigenvalue weighted by Crippen LogP contribution is 2.26. The largest absolute Gasteiger partial charge is 0.342 e. The van der Waals surface area contributed by atoms with Crippen LogP contribution in [-0.4, -0.2) is 48.4 Å². The molecule has 2 aromatic heterocycles. The first-order valence-corrected chi connectivity index (χ1v) is 9.49. The van der Waals surface area contributed by atoms with E-state index >= 15 is 0 Å². The number of likely N-dealkylation sites (tertiary alicyclic amines) is 1. The van der Waals surface area contributed by atoms with Crippen molar-refractivity contribution in [1.29, 1.82) is 0 Å². The summed E-state index contributed by atoms with van der Waals surface area (Å²) >= 11 is 0. The van der Waals surface area contributed by atoms with Gasteiger partial charge in [-0.05, 0) is 43.5 Å². The van der Waals surface area contributed by atoms with Gasteiger partial charge >= 0.3 is 0 Å². The minimum atomic E-state index is 0.192. The minimum Gasteiger partial charge on any atom is -0.342 e. The van der Waals surface area contributed by atoms with Crippen LogP contribution in [0, 0.1) is 0 Å². The molecule has 0 N–H and O–H groups in total. The number of piperidine rings is 1. The summed E-state index contributed by atoms with van der Waals surface area (Å²) in [5.41, 5.74) is 2.03. The zero-order valence-electron chi connectivity index (χ0n) is 15.5. The fourth-order valence-corrected chi connectivity index (χ4v) is 3.69. The number of carbonyl (C=O) groups is 1. The molecule has 1 aliphatic heterocycles. The van der Waals surface area contributed by atoms with Crippen molar-refractivity contribution in [3.05, 3.63) is 60.4 Å². The molecule has 0 aliphatic carbocycles. The van der Waals surface area contributed by atoms with Crippen molar-refractivity contribution in [2.24, 2.45) is 0 Å². The van der Waals surface area contributed by atoms with Gasteiger partial charge in [-0.15, -0.1) is 10.2 Å². The first-order chi connectivity index (χ1) is 13.2. The van der Waals surface area contributed by atoms with Gasteiger partial charge < -0.3 is 9.47 Å². The summed E-state index contributed by atoms with van der Waals surface area (Å²) in [5.74, 6) is 1.64. The number of benzene rings is 1. The Morgan fingerprint density at radius 1 is 1.19 bits per heavy atom. The summed E-state index contributed by atoms with van der Waals surface area (Å²) in [4.78, 5) is 14.6. The molecule has 0 atom stereocenters.